The van der Waals surface area contributed by atoms with Crippen LogP contribution >= 0.6 is 0 Å². The monoisotopic (exact) mass is 343 g/mol. The third-order valence-electron chi connectivity index (χ3n) is 5.84. The van der Waals surface area contributed by atoms with Crippen LogP contribution in [0.5, 0.6) is 0 Å². The van der Waals surface area contributed by atoms with E-state index in [0.717, 1.165) is 50.7 Å². The van der Waals surface area contributed by atoms with Crippen LogP contribution in [-0.4, -0.2) is 43.5 Å². The Morgan fingerprint density at radius 1 is 1.08 bits per heavy atom. The van der Waals surface area contributed by atoms with Crippen molar-refractivity contribution in [1.82, 2.24) is 4.90 Å². The molecule has 1 saturated carbocycles. The molecule has 138 valence electrons. The van der Waals surface area contributed by atoms with E-state index in [1.807, 2.05) is 12.1 Å². The van der Waals surface area contributed by atoms with Crippen LogP contribution in [0.1, 0.15) is 51.9 Å². The van der Waals surface area contributed by atoms with Gasteiger partial charge in [-0.3, -0.25) is 4.79 Å². The summed E-state index contributed by atoms with van der Waals surface area (Å²) in [5, 5.41) is 3.18. The average Bonchev–Trinajstić information content (AvgIpc) is 2.68. The van der Waals surface area contributed by atoms with E-state index in [1.54, 1.807) is 0 Å². The summed E-state index contributed by atoms with van der Waals surface area (Å²) in [6.07, 6.45) is 8.39. The third-order valence-corrected chi connectivity index (χ3v) is 5.84. The second kappa shape index (κ2) is 9.23. The zero-order valence-corrected chi connectivity index (χ0v) is 15.7. The fourth-order valence-corrected chi connectivity index (χ4v) is 4.18. The van der Waals surface area contributed by atoms with Crippen molar-refractivity contribution in [3.05, 3.63) is 24.3 Å². The number of benzene rings is 1. The molecule has 25 heavy (non-hydrogen) atoms. The van der Waals surface area contributed by atoms with Crippen molar-refractivity contribution in [1.29, 1.82) is 0 Å². The summed E-state index contributed by atoms with van der Waals surface area (Å²) in [6.45, 7) is 7.59. The molecular formula is C21H33N3O. The van der Waals surface area contributed by atoms with Crippen LogP contribution in [0.25, 0.3) is 0 Å². The maximum Gasteiger partial charge on any atom is 0.224 e. The first-order valence-electron chi connectivity index (χ1n) is 10.1. The molecule has 1 amide bonds. The van der Waals surface area contributed by atoms with Crippen LogP contribution in [-0.2, 0) is 4.79 Å². The van der Waals surface area contributed by atoms with E-state index in [0.29, 0.717) is 6.42 Å². The number of para-hydroxylation sites is 2. The first-order chi connectivity index (χ1) is 12.3. The number of anilines is 2. The second-order valence-corrected chi connectivity index (χ2v) is 7.53. The molecule has 0 bridgehead atoms. The summed E-state index contributed by atoms with van der Waals surface area (Å²) in [4.78, 5) is 17.3. The Bertz CT molecular complexity index is 546. The summed E-state index contributed by atoms with van der Waals surface area (Å²) >= 11 is 0. The van der Waals surface area contributed by atoms with Crippen molar-refractivity contribution in [2.45, 2.75) is 51.9 Å². The lowest BCUT2D eigenvalue weighted by Crippen LogP contribution is -2.46. The van der Waals surface area contributed by atoms with E-state index in [2.05, 4.69) is 34.2 Å². The maximum atomic E-state index is 12.5. The molecule has 1 saturated heterocycles. The minimum atomic E-state index is 0.171. The number of carbonyl (C=O) groups is 1. The highest BCUT2D eigenvalue weighted by molar-refractivity contribution is 5.94. The van der Waals surface area contributed by atoms with E-state index in [9.17, 15) is 4.79 Å². The van der Waals surface area contributed by atoms with Gasteiger partial charge >= 0.3 is 0 Å². The molecule has 1 aromatic carbocycles. The average molecular weight is 344 g/mol. The lowest BCUT2D eigenvalue weighted by Gasteiger charge is -2.36. The highest BCUT2D eigenvalue weighted by Gasteiger charge is 2.19. The van der Waals surface area contributed by atoms with Crippen molar-refractivity contribution in [2.75, 3.05) is 42.9 Å². The summed E-state index contributed by atoms with van der Waals surface area (Å²) < 4.78 is 0. The van der Waals surface area contributed by atoms with Gasteiger partial charge in [-0.1, -0.05) is 51.2 Å². The number of rotatable bonds is 6. The standard InChI is InChI=1S/C21H33N3O/c1-2-23-14-16-24(17-15-23)20-11-7-6-10-19(20)22-21(25)13-12-18-8-4-3-5-9-18/h6-7,10-11,18H,2-5,8-9,12-17H2,1H3,(H,22,25). The van der Waals surface area contributed by atoms with Gasteiger partial charge in [-0.15, -0.1) is 0 Å². The van der Waals surface area contributed by atoms with Crippen molar-refractivity contribution in [2.24, 2.45) is 5.92 Å². The molecule has 0 atom stereocenters. The lowest BCUT2D eigenvalue weighted by atomic mass is 9.86. The summed E-state index contributed by atoms with van der Waals surface area (Å²) in [7, 11) is 0. The van der Waals surface area contributed by atoms with E-state index in [1.165, 1.54) is 37.8 Å². The quantitative estimate of drug-likeness (QED) is 0.844. The number of hydrogen-bond donors (Lipinski definition) is 1. The normalized spacial score (nSPS) is 19.8. The smallest absolute Gasteiger partial charge is 0.224 e. The van der Waals surface area contributed by atoms with Crippen LogP contribution in [0.15, 0.2) is 24.3 Å². The minimum Gasteiger partial charge on any atom is -0.367 e. The molecule has 3 rings (SSSR count). The van der Waals surface area contributed by atoms with Gasteiger partial charge in [0.15, 0.2) is 0 Å². The molecule has 0 aromatic heterocycles. The van der Waals surface area contributed by atoms with Crippen molar-refractivity contribution >= 4 is 17.3 Å². The SMILES string of the molecule is CCN1CCN(c2ccccc2NC(=O)CCC2CCCCC2)CC1. The fourth-order valence-electron chi connectivity index (χ4n) is 4.18. The van der Waals surface area contributed by atoms with Gasteiger partial charge in [-0.05, 0) is 31.0 Å². The lowest BCUT2D eigenvalue weighted by molar-refractivity contribution is -0.116. The molecule has 0 spiro atoms. The van der Waals surface area contributed by atoms with Crippen molar-refractivity contribution in [3.8, 4) is 0 Å². The maximum absolute atomic E-state index is 12.5. The number of hydrogen-bond acceptors (Lipinski definition) is 3. The van der Waals surface area contributed by atoms with Gasteiger partial charge in [0.05, 0.1) is 11.4 Å². The molecular weight excluding hydrogens is 310 g/mol. The van der Waals surface area contributed by atoms with Crippen LogP contribution in [0.4, 0.5) is 11.4 Å². The van der Waals surface area contributed by atoms with Gasteiger partial charge in [0.2, 0.25) is 5.91 Å². The Morgan fingerprint density at radius 2 is 1.80 bits per heavy atom. The van der Waals surface area contributed by atoms with Gasteiger partial charge in [0.25, 0.3) is 0 Å². The van der Waals surface area contributed by atoms with Gasteiger partial charge < -0.3 is 15.1 Å². The fraction of sp³-hybridized carbons (Fsp3) is 0.667. The van der Waals surface area contributed by atoms with Gasteiger partial charge in [0.1, 0.15) is 0 Å². The van der Waals surface area contributed by atoms with Crippen molar-refractivity contribution < 1.29 is 4.79 Å². The Kier molecular flexibility index (Phi) is 6.74. The molecule has 0 unspecified atom stereocenters. The summed E-state index contributed by atoms with van der Waals surface area (Å²) in [5.74, 6) is 0.932. The van der Waals surface area contributed by atoms with Crippen LogP contribution in [0.3, 0.4) is 0 Å². The third kappa shape index (κ3) is 5.21. The Morgan fingerprint density at radius 3 is 2.52 bits per heavy atom. The number of piperazine rings is 1. The van der Waals surface area contributed by atoms with E-state index in [4.69, 9.17) is 0 Å². The van der Waals surface area contributed by atoms with Gasteiger partial charge in [-0.25, -0.2) is 0 Å². The molecule has 1 N–H and O–H groups in total. The number of nitrogens with zero attached hydrogens (tertiary/aromatic N) is 2. The highest BCUT2D eigenvalue weighted by Crippen LogP contribution is 2.29. The zero-order valence-electron chi connectivity index (χ0n) is 15.7. The summed E-state index contributed by atoms with van der Waals surface area (Å²) in [6, 6.07) is 8.26. The zero-order chi connectivity index (χ0) is 17.5. The molecule has 1 aliphatic heterocycles. The molecule has 4 heteroatoms. The van der Waals surface area contributed by atoms with Gasteiger partial charge in [-0.2, -0.15) is 0 Å². The van der Waals surface area contributed by atoms with Gasteiger partial charge in [0, 0.05) is 32.6 Å². The number of nitrogens with one attached hydrogen (secondary N) is 1. The van der Waals surface area contributed by atoms with Crippen LogP contribution < -0.4 is 10.2 Å². The Labute approximate surface area is 152 Å². The van der Waals surface area contributed by atoms with E-state index < -0.39 is 0 Å². The van der Waals surface area contributed by atoms with Crippen LogP contribution in [0.2, 0.25) is 0 Å². The predicted octanol–water partition coefficient (Wildman–Crippen LogP) is 4.13. The largest absolute Gasteiger partial charge is 0.367 e. The molecule has 1 heterocycles. The highest BCUT2D eigenvalue weighted by atomic mass is 16.1. The van der Waals surface area contributed by atoms with E-state index >= 15 is 0 Å². The second-order valence-electron chi connectivity index (χ2n) is 7.53. The first kappa shape index (κ1) is 18.2. The Hall–Kier alpha value is -1.55. The molecule has 4 nitrogen and oxygen atoms in total. The number of likely N-dealkylation sites (N-methyl/N-ethyl adjacent to an activating group) is 1. The number of carbonyl (C=O) groups excluding carboxylic acids is 1. The molecule has 2 aliphatic rings. The molecule has 1 aliphatic carbocycles. The Balaban J connectivity index is 1.54. The molecule has 2 fully saturated rings. The topological polar surface area (TPSA) is 35.6 Å². The minimum absolute atomic E-state index is 0.171. The molecule has 0 radical (unpaired) electrons. The first-order valence-corrected chi connectivity index (χ1v) is 10.1. The predicted molar refractivity (Wildman–Crippen MR) is 105 cm³/mol. The molecule has 1 aromatic rings. The van der Waals surface area contributed by atoms with Crippen LogP contribution in [0, 0.1) is 5.92 Å². The van der Waals surface area contributed by atoms with Crippen molar-refractivity contribution in [3.63, 3.8) is 0 Å². The number of amides is 1. The van der Waals surface area contributed by atoms with E-state index in [-0.39, 0.29) is 5.91 Å². The summed E-state index contributed by atoms with van der Waals surface area (Å²) in [5.41, 5.74) is 2.14.